The highest BCUT2D eigenvalue weighted by Gasteiger charge is 2.20. The van der Waals surface area contributed by atoms with Crippen molar-refractivity contribution in [1.82, 2.24) is 10.3 Å². The number of ether oxygens (including phenoxy) is 1. The first kappa shape index (κ1) is 13.1. The van der Waals surface area contributed by atoms with Gasteiger partial charge in [-0.2, -0.15) is 0 Å². The molecule has 0 aliphatic heterocycles. The van der Waals surface area contributed by atoms with E-state index in [1.807, 2.05) is 18.3 Å². The number of aromatic nitrogens is 1. The SMILES string of the molecule is Cc1ccc(Oc2ccncc2CNC2CC2)c(C)c1. The maximum Gasteiger partial charge on any atom is 0.135 e. The second-order valence-electron chi connectivity index (χ2n) is 5.51. The van der Waals surface area contributed by atoms with Crippen molar-refractivity contribution < 1.29 is 4.74 Å². The van der Waals surface area contributed by atoms with Crippen LogP contribution in [0.15, 0.2) is 36.7 Å². The van der Waals surface area contributed by atoms with Gasteiger partial charge in [0.15, 0.2) is 0 Å². The molecule has 0 saturated heterocycles. The third kappa shape index (κ3) is 3.17. The molecule has 1 heterocycles. The molecule has 0 atom stereocenters. The fourth-order valence-corrected chi connectivity index (χ4v) is 2.22. The Balaban J connectivity index is 1.78. The van der Waals surface area contributed by atoms with E-state index in [2.05, 4.69) is 36.3 Å². The van der Waals surface area contributed by atoms with Crippen LogP contribution < -0.4 is 10.1 Å². The lowest BCUT2D eigenvalue weighted by Gasteiger charge is -2.13. The molecule has 1 aliphatic carbocycles. The minimum absolute atomic E-state index is 0.684. The van der Waals surface area contributed by atoms with Crippen LogP contribution in [0.5, 0.6) is 11.5 Å². The molecule has 3 nitrogen and oxygen atoms in total. The monoisotopic (exact) mass is 268 g/mol. The molecule has 0 spiro atoms. The largest absolute Gasteiger partial charge is 0.457 e. The molecule has 0 bridgehead atoms. The first-order chi connectivity index (χ1) is 9.72. The highest BCUT2D eigenvalue weighted by atomic mass is 16.5. The Morgan fingerprint density at radius 2 is 2.05 bits per heavy atom. The van der Waals surface area contributed by atoms with Gasteiger partial charge in [0.1, 0.15) is 11.5 Å². The maximum atomic E-state index is 6.07. The minimum atomic E-state index is 0.684. The van der Waals surface area contributed by atoms with Crippen LogP contribution in [0, 0.1) is 13.8 Å². The first-order valence-electron chi connectivity index (χ1n) is 7.14. The van der Waals surface area contributed by atoms with Crippen molar-refractivity contribution in [1.29, 1.82) is 0 Å². The topological polar surface area (TPSA) is 34.1 Å². The molecule has 0 unspecified atom stereocenters. The molecule has 0 amide bonds. The van der Waals surface area contributed by atoms with Crippen LogP contribution in [0.2, 0.25) is 0 Å². The molecule has 3 rings (SSSR count). The quantitative estimate of drug-likeness (QED) is 0.897. The number of benzene rings is 1. The van der Waals surface area contributed by atoms with E-state index in [0.717, 1.165) is 29.2 Å². The summed E-state index contributed by atoms with van der Waals surface area (Å²) in [6.07, 6.45) is 6.23. The van der Waals surface area contributed by atoms with Crippen LogP contribution in [0.25, 0.3) is 0 Å². The van der Waals surface area contributed by atoms with E-state index >= 15 is 0 Å². The van der Waals surface area contributed by atoms with Crippen LogP contribution in [0.3, 0.4) is 0 Å². The van der Waals surface area contributed by atoms with Gasteiger partial charge in [-0.25, -0.2) is 0 Å². The highest BCUT2D eigenvalue weighted by Crippen LogP contribution is 2.28. The average Bonchev–Trinajstić information content (AvgIpc) is 3.25. The van der Waals surface area contributed by atoms with Gasteiger partial charge >= 0.3 is 0 Å². The Bertz CT molecular complexity index is 606. The third-order valence-electron chi connectivity index (χ3n) is 3.57. The van der Waals surface area contributed by atoms with E-state index in [-0.39, 0.29) is 0 Å². The van der Waals surface area contributed by atoms with Crippen LogP contribution in [-0.2, 0) is 6.54 Å². The second-order valence-corrected chi connectivity index (χ2v) is 5.51. The van der Waals surface area contributed by atoms with Crippen molar-refractivity contribution in [2.45, 2.75) is 39.3 Å². The molecule has 0 radical (unpaired) electrons. The van der Waals surface area contributed by atoms with Crippen molar-refractivity contribution in [3.8, 4) is 11.5 Å². The molecule has 1 saturated carbocycles. The van der Waals surface area contributed by atoms with E-state index in [9.17, 15) is 0 Å². The molecule has 1 aromatic carbocycles. The number of nitrogens with one attached hydrogen (secondary N) is 1. The molecule has 1 aromatic heterocycles. The molecule has 3 heteroatoms. The number of nitrogens with zero attached hydrogens (tertiary/aromatic N) is 1. The number of hydrogen-bond acceptors (Lipinski definition) is 3. The summed E-state index contributed by atoms with van der Waals surface area (Å²) in [6, 6.07) is 8.86. The van der Waals surface area contributed by atoms with E-state index in [1.165, 1.54) is 18.4 Å². The van der Waals surface area contributed by atoms with Gasteiger partial charge in [-0.05, 0) is 44.4 Å². The van der Waals surface area contributed by atoms with Crippen molar-refractivity contribution in [2.75, 3.05) is 0 Å². The van der Waals surface area contributed by atoms with Gasteiger partial charge in [0.05, 0.1) is 0 Å². The molecule has 1 aliphatic rings. The number of hydrogen-bond donors (Lipinski definition) is 1. The molecule has 104 valence electrons. The Labute approximate surface area is 120 Å². The summed E-state index contributed by atoms with van der Waals surface area (Å²) in [5, 5.41) is 3.50. The van der Waals surface area contributed by atoms with Gasteiger partial charge in [0.2, 0.25) is 0 Å². The lowest BCUT2D eigenvalue weighted by molar-refractivity contribution is 0.468. The summed E-state index contributed by atoms with van der Waals surface area (Å²) in [6.45, 7) is 4.98. The molecule has 2 aromatic rings. The number of pyridine rings is 1. The standard InChI is InChI=1S/C17H20N2O/c1-12-3-6-16(13(2)9-12)20-17-7-8-18-10-14(17)11-19-15-4-5-15/h3,6-10,15,19H,4-5,11H2,1-2H3. The Morgan fingerprint density at radius 3 is 2.80 bits per heavy atom. The van der Waals surface area contributed by atoms with Crippen LogP contribution in [0.1, 0.15) is 29.5 Å². The average molecular weight is 268 g/mol. The lowest BCUT2D eigenvalue weighted by atomic mass is 10.1. The zero-order valence-corrected chi connectivity index (χ0v) is 12.0. The third-order valence-corrected chi connectivity index (χ3v) is 3.57. The zero-order chi connectivity index (χ0) is 13.9. The highest BCUT2D eigenvalue weighted by molar-refractivity contribution is 5.41. The molecular formula is C17H20N2O. The molecule has 20 heavy (non-hydrogen) atoms. The van der Waals surface area contributed by atoms with E-state index in [4.69, 9.17) is 4.74 Å². The van der Waals surface area contributed by atoms with Gasteiger partial charge in [-0.3, -0.25) is 4.98 Å². The summed E-state index contributed by atoms with van der Waals surface area (Å²) in [4.78, 5) is 4.20. The molecule has 1 N–H and O–H groups in total. The van der Waals surface area contributed by atoms with Crippen molar-refractivity contribution >= 4 is 0 Å². The van der Waals surface area contributed by atoms with Gasteiger partial charge in [0, 0.05) is 30.5 Å². The molecule has 1 fully saturated rings. The normalized spacial score (nSPS) is 14.3. The molecular weight excluding hydrogens is 248 g/mol. The lowest BCUT2D eigenvalue weighted by Crippen LogP contribution is -2.15. The fraction of sp³-hybridized carbons (Fsp3) is 0.353. The van der Waals surface area contributed by atoms with Crippen molar-refractivity contribution in [3.63, 3.8) is 0 Å². The fourth-order valence-electron chi connectivity index (χ4n) is 2.22. The van der Waals surface area contributed by atoms with E-state index in [1.54, 1.807) is 6.20 Å². The smallest absolute Gasteiger partial charge is 0.135 e. The van der Waals surface area contributed by atoms with E-state index in [0.29, 0.717) is 6.04 Å². The summed E-state index contributed by atoms with van der Waals surface area (Å²) < 4.78 is 6.07. The predicted octanol–water partition coefficient (Wildman–Crippen LogP) is 3.74. The first-order valence-corrected chi connectivity index (χ1v) is 7.14. The Hall–Kier alpha value is -1.87. The number of rotatable bonds is 5. The van der Waals surface area contributed by atoms with Crippen LogP contribution in [0.4, 0.5) is 0 Å². The summed E-state index contributed by atoms with van der Waals surface area (Å²) in [5.41, 5.74) is 3.52. The van der Waals surface area contributed by atoms with Crippen LogP contribution in [-0.4, -0.2) is 11.0 Å². The van der Waals surface area contributed by atoms with Gasteiger partial charge in [-0.1, -0.05) is 17.7 Å². The summed E-state index contributed by atoms with van der Waals surface area (Å²) in [7, 11) is 0. The van der Waals surface area contributed by atoms with Gasteiger partial charge < -0.3 is 10.1 Å². The minimum Gasteiger partial charge on any atom is -0.457 e. The van der Waals surface area contributed by atoms with Crippen LogP contribution >= 0.6 is 0 Å². The van der Waals surface area contributed by atoms with Crippen molar-refractivity contribution in [2.24, 2.45) is 0 Å². The maximum absolute atomic E-state index is 6.07. The Kier molecular flexibility index (Phi) is 3.70. The summed E-state index contributed by atoms with van der Waals surface area (Å²) in [5.74, 6) is 1.80. The Morgan fingerprint density at radius 1 is 1.20 bits per heavy atom. The zero-order valence-electron chi connectivity index (χ0n) is 12.0. The second kappa shape index (κ2) is 5.63. The van der Waals surface area contributed by atoms with Gasteiger partial charge in [-0.15, -0.1) is 0 Å². The van der Waals surface area contributed by atoms with Crippen molar-refractivity contribution in [3.05, 3.63) is 53.3 Å². The summed E-state index contributed by atoms with van der Waals surface area (Å²) >= 11 is 0. The van der Waals surface area contributed by atoms with Gasteiger partial charge in [0.25, 0.3) is 0 Å². The predicted molar refractivity (Wildman–Crippen MR) is 80.1 cm³/mol. The van der Waals surface area contributed by atoms with E-state index < -0.39 is 0 Å². The number of aryl methyl sites for hydroxylation is 2.